The summed E-state index contributed by atoms with van der Waals surface area (Å²) >= 11 is 0. The molecule has 1 unspecified atom stereocenters. The van der Waals surface area contributed by atoms with Crippen molar-refractivity contribution < 1.29 is 23.2 Å². The van der Waals surface area contributed by atoms with Crippen LogP contribution >= 0.6 is 0 Å². The highest BCUT2D eigenvalue weighted by atomic mass is 32.2. The average molecular weight is 419 g/mol. The number of rotatable bonds is 7. The maximum atomic E-state index is 12.0. The van der Waals surface area contributed by atoms with E-state index in [0.29, 0.717) is 5.69 Å². The zero-order valence-corrected chi connectivity index (χ0v) is 16.7. The second kappa shape index (κ2) is 7.33. The van der Waals surface area contributed by atoms with E-state index in [1.54, 1.807) is 18.5 Å². The number of benzene rings is 1. The van der Waals surface area contributed by atoms with Crippen molar-refractivity contribution in [2.45, 2.75) is 24.6 Å². The third-order valence-electron chi connectivity index (χ3n) is 5.07. The molecule has 0 spiro atoms. The number of carbonyl (C=O) groups is 2. The molecule has 0 radical (unpaired) electrons. The van der Waals surface area contributed by atoms with E-state index in [2.05, 4.69) is 10.1 Å². The topological polar surface area (TPSA) is 160 Å². The first-order valence-corrected chi connectivity index (χ1v) is 10.5. The fourth-order valence-corrected chi connectivity index (χ4v) is 3.83. The number of aromatic amines is 1. The lowest BCUT2D eigenvalue weighted by molar-refractivity contribution is -0.131. The summed E-state index contributed by atoms with van der Waals surface area (Å²) in [6, 6.07) is 7.23. The van der Waals surface area contributed by atoms with Crippen molar-refractivity contribution in [1.82, 2.24) is 20.2 Å². The molecule has 1 aromatic carbocycles. The second-order valence-electron chi connectivity index (χ2n) is 7.04. The number of fused-ring (bicyclic) bond motifs is 1. The molecule has 3 rings (SSSR count). The molecule has 3 aromatic rings. The number of aryl methyl sites for hydroxylation is 1. The summed E-state index contributed by atoms with van der Waals surface area (Å²) in [5.41, 5.74) is 9.38. The molecule has 0 aliphatic carbocycles. The van der Waals surface area contributed by atoms with Gasteiger partial charge in [0.1, 0.15) is 5.69 Å². The number of H-pyrrole nitrogens is 1. The molecule has 154 valence electrons. The summed E-state index contributed by atoms with van der Waals surface area (Å²) in [5.74, 6) is -1.54. The minimum absolute atomic E-state index is 0.0724. The number of aromatic nitrogens is 3. The molecule has 10 nitrogen and oxygen atoms in total. The lowest BCUT2D eigenvalue weighted by Gasteiger charge is -2.24. The Morgan fingerprint density at radius 2 is 2.03 bits per heavy atom. The molecule has 1 atom stereocenters. The first-order chi connectivity index (χ1) is 13.5. The van der Waals surface area contributed by atoms with Crippen LogP contribution in [0.25, 0.3) is 22.0 Å². The van der Waals surface area contributed by atoms with Crippen molar-refractivity contribution in [3.8, 4) is 11.1 Å². The SMILES string of the molecule is CC(CCn1cc(-c2ccc3cc(C(N)=O)[nH]c3c2)cn1)(C(=O)NO)S(C)(=O)=O. The molecule has 2 heterocycles. The number of sulfone groups is 1. The standard InChI is InChI=1S/C18H21N5O5S/c1-18(17(25)22-26,29(2,27)28)5-6-23-10-13(9-20-23)11-3-4-12-8-15(16(19)24)21-14(12)7-11/h3-4,7-10,21,26H,5-6H2,1-2H3,(H2,19,24)(H,22,25). The Hall–Kier alpha value is -3.18. The minimum atomic E-state index is -3.78. The van der Waals surface area contributed by atoms with Gasteiger partial charge in [0.2, 0.25) is 0 Å². The monoisotopic (exact) mass is 419 g/mol. The number of primary amides is 1. The fraction of sp³-hybridized carbons (Fsp3) is 0.278. The van der Waals surface area contributed by atoms with Crippen LogP contribution in [0.5, 0.6) is 0 Å². The Labute approximate surface area is 166 Å². The van der Waals surface area contributed by atoms with Crippen molar-refractivity contribution in [2.24, 2.45) is 5.73 Å². The van der Waals surface area contributed by atoms with Crippen LogP contribution < -0.4 is 11.2 Å². The summed E-state index contributed by atoms with van der Waals surface area (Å²) in [5, 5.41) is 13.9. The summed E-state index contributed by atoms with van der Waals surface area (Å²) in [7, 11) is -3.78. The molecule has 2 aromatic heterocycles. The van der Waals surface area contributed by atoms with Crippen molar-refractivity contribution in [3.63, 3.8) is 0 Å². The Bertz CT molecular complexity index is 1200. The maximum absolute atomic E-state index is 12.0. The zero-order valence-electron chi connectivity index (χ0n) is 15.8. The molecular weight excluding hydrogens is 398 g/mol. The lowest BCUT2D eigenvalue weighted by Crippen LogP contribution is -2.49. The molecule has 2 amide bonds. The molecule has 0 saturated heterocycles. The number of carbonyl (C=O) groups excluding carboxylic acids is 2. The van der Waals surface area contributed by atoms with Gasteiger partial charge in [-0.25, -0.2) is 13.9 Å². The Morgan fingerprint density at radius 1 is 1.31 bits per heavy atom. The number of nitrogens with zero attached hydrogens (tertiary/aromatic N) is 2. The average Bonchev–Trinajstić information content (AvgIpc) is 3.30. The van der Waals surface area contributed by atoms with Gasteiger partial charge in [-0.15, -0.1) is 0 Å². The van der Waals surface area contributed by atoms with Gasteiger partial charge in [-0.1, -0.05) is 12.1 Å². The fourth-order valence-electron chi connectivity index (χ4n) is 2.99. The van der Waals surface area contributed by atoms with Crippen LogP contribution in [0.15, 0.2) is 36.7 Å². The predicted octanol–water partition coefficient (Wildman–Crippen LogP) is 0.829. The quantitative estimate of drug-likeness (QED) is 0.328. The van der Waals surface area contributed by atoms with Crippen LogP contribution in [-0.4, -0.2) is 51.2 Å². The van der Waals surface area contributed by atoms with Gasteiger partial charge < -0.3 is 10.7 Å². The molecule has 0 saturated carbocycles. The van der Waals surface area contributed by atoms with Crippen LogP contribution in [-0.2, 0) is 21.2 Å². The molecule has 5 N–H and O–H groups in total. The molecular formula is C18H21N5O5S. The van der Waals surface area contributed by atoms with Gasteiger partial charge in [-0.2, -0.15) is 5.10 Å². The normalized spacial score (nSPS) is 13.9. The summed E-state index contributed by atoms with van der Waals surface area (Å²) in [6.07, 6.45) is 4.21. The van der Waals surface area contributed by atoms with E-state index in [-0.39, 0.29) is 13.0 Å². The first-order valence-electron chi connectivity index (χ1n) is 8.65. The third kappa shape index (κ3) is 3.87. The highest BCUT2D eigenvalue weighted by molar-refractivity contribution is 7.92. The van der Waals surface area contributed by atoms with Crippen LogP contribution in [0.2, 0.25) is 0 Å². The lowest BCUT2D eigenvalue weighted by atomic mass is 10.1. The molecule has 0 aliphatic rings. The number of nitrogens with one attached hydrogen (secondary N) is 2. The smallest absolute Gasteiger partial charge is 0.265 e. The first kappa shape index (κ1) is 20.6. The Morgan fingerprint density at radius 3 is 2.66 bits per heavy atom. The van der Waals surface area contributed by atoms with Gasteiger partial charge in [0.25, 0.3) is 11.8 Å². The van der Waals surface area contributed by atoms with E-state index in [1.165, 1.54) is 17.1 Å². The highest BCUT2D eigenvalue weighted by Crippen LogP contribution is 2.26. The Kier molecular flexibility index (Phi) is 5.20. The highest BCUT2D eigenvalue weighted by Gasteiger charge is 2.43. The van der Waals surface area contributed by atoms with E-state index in [4.69, 9.17) is 10.9 Å². The molecule has 0 bridgehead atoms. The molecule has 0 aliphatic heterocycles. The van der Waals surface area contributed by atoms with Gasteiger partial charge in [0.15, 0.2) is 14.6 Å². The van der Waals surface area contributed by atoms with E-state index in [1.807, 2.05) is 18.2 Å². The number of hydroxylamine groups is 1. The van der Waals surface area contributed by atoms with Crippen molar-refractivity contribution in [1.29, 1.82) is 0 Å². The Balaban J connectivity index is 1.83. The van der Waals surface area contributed by atoms with Gasteiger partial charge in [0.05, 0.1) is 6.20 Å². The van der Waals surface area contributed by atoms with E-state index >= 15 is 0 Å². The molecule has 0 fully saturated rings. The van der Waals surface area contributed by atoms with Crippen molar-refractivity contribution in [3.05, 3.63) is 42.4 Å². The molecule has 29 heavy (non-hydrogen) atoms. The summed E-state index contributed by atoms with van der Waals surface area (Å²) in [6.45, 7) is 1.40. The van der Waals surface area contributed by atoms with Crippen LogP contribution in [0.4, 0.5) is 0 Å². The second-order valence-corrected chi connectivity index (χ2v) is 9.48. The van der Waals surface area contributed by atoms with Crippen LogP contribution in [0.3, 0.4) is 0 Å². The van der Waals surface area contributed by atoms with E-state index in [9.17, 15) is 18.0 Å². The number of hydrogen-bond donors (Lipinski definition) is 4. The number of amides is 2. The van der Waals surface area contributed by atoms with Gasteiger partial charge >= 0.3 is 0 Å². The van der Waals surface area contributed by atoms with Gasteiger partial charge in [-0.05, 0) is 31.0 Å². The third-order valence-corrected chi connectivity index (χ3v) is 7.10. The van der Waals surface area contributed by atoms with Crippen molar-refractivity contribution >= 4 is 32.6 Å². The number of nitrogens with two attached hydrogens (primary N) is 1. The van der Waals surface area contributed by atoms with E-state index in [0.717, 1.165) is 28.3 Å². The van der Waals surface area contributed by atoms with Gasteiger partial charge in [-0.3, -0.25) is 19.5 Å². The predicted molar refractivity (Wildman–Crippen MR) is 106 cm³/mol. The summed E-state index contributed by atoms with van der Waals surface area (Å²) in [4.78, 5) is 26.2. The van der Waals surface area contributed by atoms with Crippen molar-refractivity contribution in [2.75, 3.05) is 6.26 Å². The minimum Gasteiger partial charge on any atom is -0.364 e. The van der Waals surface area contributed by atoms with E-state index < -0.39 is 26.4 Å². The molecule has 11 heteroatoms. The summed E-state index contributed by atoms with van der Waals surface area (Å²) < 4.78 is 23.8. The number of hydrogen-bond acceptors (Lipinski definition) is 6. The zero-order chi connectivity index (χ0) is 21.4. The van der Waals surface area contributed by atoms with Crippen LogP contribution in [0.1, 0.15) is 23.8 Å². The largest absolute Gasteiger partial charge is 0.364 e. The maximum Gasteiger partial charge on any atom is 0.265 e. The van der Waals surface area contributed by atoms with Gasteiger partial charge in [0, 0.05) is 35.5 Å². The van der Waals surface area contributed by atoms with Crippen LogP contribution in [0, 0.1) is 0 Å².